The molecule has 0 aliphatic carbocycles. The van der Waals surface area contributed by atoms with Crippen molar-refractivity contribution in [3.05, 3.63) is 42.1 Å². The first-order chi connectivity index (χ1) is 8.74. The van der Waals surface area contributed by atoms with Crippen LogP contribution in [-0.4, -0.2) is 16.9 Å². The number of amides is 1. The molecule has 0 bridgehead atoms. The Morgan fingerprint density at radius 1 is 1.50 bits per heavy atom. The van der Waals surface area contributed by atoms with E-state index in [2.05, 4.69) is 16.2 Å². The lowest BCUT2D eigenvalue weighted by Crippen LogP contribution is -2.33. The molecule has 1 N–H and O–H groups in total. The molecule has 1 aromatic carbocycles. The van der Waals surface area contributed by atoms with Crippen molar-refractivity contribution in [2.24, 2.45) is 0 Å². The standard InChI is InChI=1S/C15H14N2O/c1-3-13(4-2)17-15(18)12-7-8-14-11(10-12)6-5-9-16-14/h1,5-10,13H,4H2,2H3,(H,17,18). The summed E-state index contributed by atoms with van der Waals surface area (Å²) in [7, 11) is 0. The first-order valence-corrected chi connectivity index (χ1v) is 5.86. The number of carbonyl (C=O) groups excluding carboxylic acids is 1. The highest BCUT2D eigenvalue weighted by molar-refractivity contribution is 5.98. The van der Waals surface area contributed by atoms with E-state index in [1.807, 2.05) is 31.2 Å². The lowest BCUT2D eigenvalue weighted by molar-refractivity contribution is 0.0945. The summed E-state index contributed by atoms with van der Waals surface area (Å²) < 4.78 is 0. The quantitative estimate of drug-likeness (QED) is 0.834. The Balaban J connectivity index is 2.26. The molecule has 18 heavy (non-hydrogen) atoms. The molecule has 1 heterocycles. The molecule has 0 radical (unpaired) electrons. The number of nitrogens with one attached hydrogen (secondary N) is 1. The topological polar surface area (TPSA) is 42.0 Å². The first kappa shape index (κ1) is 12.1. The maximum absolute atomic E-state index is 12.0. The Kier molecular flexibility index (Phi) is 3.59. The van der Waals surface area contributed by atoms with Crippen LogP contribution >= 0.6 is 0 Å². The van der Waals surface area contributed by atoms with Gasteiger partial charge in [0.2, 0.25) is 0 Å². The summed E-state index contributed by atoms with van der Waals surface area (Å²) in [4.78, 5) is 16.2. The van der Waals surface area contributed by atoms with Crippen molar-refractivity contribution in [1.82, 2.24) is 10.3 Å². The average molecular weight is 238 g/mol. The van der Waals surface area contributed by atoms with Gasteiger partial charge in [0.1, 0.15) is 0 Å². The van der Waals surface area contributed by atoms with Crippen LogP contribution in [0.25, 0.3) is 10.9 Å². The zero-order chi connectivity index (χ0) is 13.0. The van der Waals surface area contributed by atoms with E-state index in [0.717, 1.165) is 17.3 Å². The van der Waals surface area contributed by atoms with E-state index >= 15 is 0 Å². The van der Waals surface area contributed by atoms with Gasteiger partial charge in [-0.3, -0.25) is 9.78 Å². The Morgan fingerprint density at radius 3 is 3.06 bits per heavy atom. The van der Waals surface area contributed by atoms with Gasteiger partial charge in [0.25, 0.3) is 5.91 Å². The molecule has 1 aromatic heterocycles. The highest BCUT2D eigenvalue weighted by atomic mass is 16.1. The van der Waals surface area contributed by atoms with Crippen molar-refractivity contribution in [1.29, 1.82) is 0 Å². The predicted molar refractivity (Wildman–Crippen MR) is 72.1 cm³/mol. The zero-order valence-electron chi connectivity index (χ0n) is 10.2. The van der Waals surface area contributed by atoms with Gasteiger partial charge in [-0.25, -0.2) is 0 Å². The van der Waals surface area contributed by atoms with Crippen molar-refractivity contribution in [2.45, 2.75) is 19.4 Å². The van der Waals surface area contributed by atoms with Crippen LogP contribution in [0.2, 0.25) is 0 Å². The molecule has 3 heteroatoms. The minimum absolute atomic E-state index is 0.148. The summed E-state index contributed by atoms with van der Waals surface area (Å²) in [6.45, 7) is 1.94. The van der Waals surface area contributed by atoms with Gasteiger partial charge < -0.3 is 5.32 Å². The Bertz CT molecular complexity index is 613. The molecule has 0 aliphatic rings. The second-order valence-electron chi connectivity index (χ2n) is 4.01. The summed E-state index contributed by atoms with van der Waals surface area (Å²) in [5.41, 5.74) is 1.47. The van der Waals surface area contributed by atoms with E-state index in [0.29, 0.717) is 5.56 Å². The van der Waals surface area contributed by atoms with Crippen LogP contribution in [-0.2, 0) is 0 Å². The second-order valence-corrected chi connectivity index (χ2v) is 4.01. The summed E-state index contributed by atoms with van der Waals surface area (Å²) in [6, 6.07) is 8.97. The number of hydrogen-bond acceptors (Lipinski definition) is 2. The highest BCUT2D eigenvalue weighted by Gasteiger charge is 2.10. The molecule has 90 valence electrons. The van der Waals surface area contributed by atoms with Gasteiger partial charge in [-0.2, -0.15) is 0 Å². The van der Waals surface area contributed by atoms with Crippen LogP contribution < -0.4 is 5.32 Å². The van der Waals surface area contributed by atoms with E-state index in [-0.39, 0.29) is 11.9 Å². The maximum Gasteiger partial charge on any atom is 0.252 e. The zero-order valence-corrected chi connectivity index (χ0v) is 10.2. The third-order valence-corrected chi connectivity index (χ3v) is 2.78. The predicted octanol–water partition coefficient (Wildman–Crippen LogP) is 2.38. The third-order valence-electron chi connectivity index (χ3n) is 2.78. The van der Waals surface area contributed by atoms with Gasteiger partial charge >= 0.3 is 0 Å². The number of pyridine rings is 1. The number of fused-ring (bicyclic) bond motifs is 1. The molecule has 0 fully saturated rings. The summed E-state index contributed by atoms with van der Waals surface area (Å²) in [5, 5.41) is 3.75. The molecule has 1 amide bonds. The van der Waals surface area contributed by atoms with Gasteiger partial charge in [-0.05, 0) is 30.7 Å². The number of terminal acetylenes is 1. The molecule has 0 saturated carbocycles. The minimum atomic E-state index is -0.220. The normalized spacial score (nSPS) is 11.8. The first-order valence-electron chi connectivity index (χ1n) is 5.86. The lowest BCUT2D eigenvalue weighted by Gasteiger charge is -2.10. The smallest absolute Gasteiger partial charge is 0.252 e. The van der Waals surface area contributed by atoms with Crippen molar-refractivity contribution >= 4 is 16.8 Å². The summed E-state index contributed by atoms with van der Waals surface area (Å²) in [6.07, 6.45) is 7.77. The monoisotopic (exact) mass is 238 g/mol. The fourth-order valence-corrected chi connectivity index (χ4v) is 1.72. The number of nitrogens with zero attached hydrogens (tertiary/aromatic N) is 1. The average Bonchev–Trinajstić information content (AvgIpc) is 2.44. The van der Waals surface area contributed by atoms with Crippen molar-refractivity contribution in [3.8, 4) is 12.3 Å². The Morgan fingerprint density at radius 2 is 2.33 bits per heavy atom. The molecule has 2 rings (SSSR count). The molecule has 0 saturated heterocycles. The van der Waals surface area contributed by atoms with Crippen molar-refractivity contribution in [2.75, 3.05) is 0 Å². The fraction of sp³-hybridized carbons (Fsp3) is 0.200. The Labute approximate surface area is 106 Å². The fourth-order valence-electron chi connectivity index (χ4n) is 1.72. The van der Waals surface area contributed by atoms with Gasteiger partial charge in [-0.15, -0.1) is 6.42 Å². The van der Waals surface area contributed by atoms with E-state index < -0.39 is 0 Å². The lowest BCUT2D eigenvalue weighted by atomic mass is 10.1. The molecular formula is C15H14N2O. The molecule has 0 spiro atoms. The van der Waals surface area contributed by atoms with Crippen LogP contribution in [0.3, 0.4) is 0 Å². The van der Waals surface area contributed by atoms with Gasteiger partial charge in [-0.1, -0.05) is 18.9 Å². The van der Waals surface area contributed by atoms with Crippen LogP contribution in [0.4, 0.5) is 0 Å². The summed E-state index contributed by atoms with van der Waals surface area (Å²) in [5.74, 6) is 2.40. The van der Waals surface area contributed by atoms with E-state index in [1.54, 1.807) is 12.3 Å². The number of benzene rings is 1. The number of aromatic nitrogens is 1. The van der Waals surface area contributed by atoms with Gasteiger partial charge in [0.05, 0.1) is 11.6 Å². The maximum atomic E-state index is 12.0. The van der Waals surface area contributed by atoms with Gasteiger partial charge in [0.15, 0.2) is 0 Å². The number of carbonyl (C=O) groups is 1. The van der Waals surface area contributed by atoms with Crippen molar-refractivity contribution < 1.29 is 4.79 Å². The molecule has 3 nitrogen and oxygen atoms in total. The SMILES string of the molecule is C#CC(CC)NC(=O)c1ccc2ncccc2c1. The van der Waals surface area contributed by atoms with E-state index in [9.17, 15) is 4.79 Å². The number of rotatable bonds is 3. The van der Waals surface area contributed by atoms with Crippen molar-refractivity contribution in [3.63, 3.8) is 0 Å². The van der Waals surface area contributed by atoms with E-state index in [1.165, 1.54) is 0 Å². The molecule has 1 atom stereocenters. The third kappa shape index (κ3) is 2.49. The summed E-state index contributed by atoms with van der Waals surface area (Å²) >= 11 is 0. The molecule has 0 aliphatic heterocycles. The molecule has 1 unspecified atom stereocenters. The number of hydrogen-bond donors (Lipinski definition) is 1. The van der Waals surface area contributed by atoms with E-state index in [4.69, 9.17) is 6.42 Å². The molecular weight excluding hydrogens is 224 g/mol. The van der Waals surface area contributed by atoms with Crippen LogP contribution in [0, 0.1) is 12.3 Å². The van der Waals surface area contributed by atoms with Crippen LogP contribution in [0.5, 0.6) is 0 Å². The molecule has 2 aromatic rings. The highest BCUT2D eigenvalue weighted by Crippen LogP contribution is 2.13. The minimum Gasteiger partial charge on any atom is -0.338 e. The second kappa shape index (κ2) is 5.33. The van der Waals surface area contributed by atoms with Gasteiger partial charge in [0, 0.05) is 17.1 Å². The van der Waals surface area contributed by atoms with Crippen LogP contribution in [0.1, 0.15) is 23.7 Å². The Hall–Kier alpha value is -2.34. The largest absolute Gasteiger partial charge is 0.338 e. The van der Waals surface area contributed by atoms with Crippen LogP contribution in [0.15, 0.2) is 36.5 Å².